The number of amides is 2. The Hall–Kier alpha value is -3.49. The minimum atomic E-state index is -3.90. The molecule has 0 aromatic heterocycles. The SMILES string of the molecule is Cc1ccc(S(=O)(=O)N(C)CC(=O)N(Cc2cccc(C)c2)[C@H](Cc2ccccc2)C(=O)NCC(C)C)cc1. The van der Waals surface area contributed by atoms with Gasteiger partial charge in [0, 0.05) is 26.6 Å². The lowest BCUT2D eigenvalue weighted by atomic mass is 10.0. The minimum absolute atomic E-state index is 0.115. The van der Waals surface area contributed by atoms with Gasteiger partial charge in [0.25, 0.3) is 0 Å². The first kappa shape index (κ1) is 30.1. The lowest BCUT2D eigenvalue weighted by Gasteiger charge is -2.33. The zero-order valence-corrected chi connectivity index (χ0v) is 24.2. The summed E-state index contributed by atoms with van der Waals surface area (Å²) in [7, 11) is -2.51. The molecule has 0 spiro atoms. The van der Waals surface area contributed by atoms with Crippen LogP contribution in [0.5, 0.6) is 0 Å². The fraction of sp³-hybridized carbons (Fsp3) is 0.355. The van der Waals surface area contributed by atoms with E-state index in [0.29, 0.717) is 13.0 Å². The summed E-state index contributed by atoms with van der Waals surface area (Å²) >= 11 is 0. The van der Waals surface area contributed by atoms with Gasteiger partial charge in [0.15, 0.2) is 0 Å². The molecule has 0 saturated heterocycles. The number of sulfonamides is 1. The molecule has 3 rings (SSSR count). The van der Waals surface area contributed by atoms with E-state index in [1.165, 1.54) is 24.1 Å². The maximum absolute atomic E-state index is 13.9. The zero-order valence-electron chi connectivity index (χ0n) is 23.4. The number of hydrogen-bond donors (Lipinski definition) is 1. The van der Waals surface area contributed by atoms with Crippen LogP contribution in [0.25, 0.3) is 0 Å². The lowest BCUT2D eigenvalue weighted by Crippen LogP contribution is -2.53. The first-order chi connectivity index (χ1) is 18.5. The van der Waals surface area contributed by atoms with Gasteiger partial charge in [0.05, 0.1) is 11.4 Å². The summed E-state index contributed by atoms with van der Waals surface area (Å²) in [5.74, 6) is -0.481. The van der Waals surface area contributed by atoms with Crippen molar-refractivity contribution in [1.82, 2.24) is 14.5 Å². The van der Waals surface area contributed by atoms with Gasteiger partial charge >= 0.3 is 0 Å². The molecule has 1 N–H and O–H groups in total. The number of likely N-dealkylation sites (N-methyl/N-ethyl adjacent to an activating group) is 1. The first-order valence-corrected chi connectivity index (χ1v) is 14.6. The summed E-state index contributed by atoms with van der Waals surface area (Å²) in [5.41, 5.74) is 3.74. The molecule has 0 saturated carbocycles. The van der Waals surface area contributed by atoms with Crippen molar-refractivity contribution in [2.45, 2.75) is 51.6 Å². The molecule has 3 aromatic rings. The highest BCUT2D eigenvalue weighted by Crippen LogP contribution is 2.19. The van der Waals surface area contributed by atoms with Crippen LogP contribution in [0.1, 0.15) is 36.1 Å². The van der Waals surface area contributed by atoms with Gasteiger partial charge < -0.3 is 10.2 Å². The maximum Gasteiger partial charge on any atom is 0.243 e. The summed E-state index contributed by atoms with van der Waals surface area (Å²) in [6.07, 6.45) is 0.302. The topological polar surface area (TPSA) is 86.8 Å². The van der Waals surface area contributed by atoms with E-state index in [1.54, 1.807) is 12.1 Å². The van der Waals surface area contributed by atoms with Crippen LogP contribution < -0.4 is 5.32 Å². The quantitative estimate of drug-likeness (QED) is 0.364. The van der Waals surface area contributed by atoms with E-state index in [9.17, 15) is 18.0 Å². The van der Waals surface area contributed by atoms with Gasteiger partial charge in [0.1, 0.15) is 6.04 Å². The highest BCUT2D eigenvalue weighted by atomic mass is 32.2. The molecule has 39 heavy (non-hydrogen) atoms. The number of aryl methyl sites for hydroxylation is 2. The molecular weight excluding hydrogens is 510 g/mol. The predicted octanol–water partition coefficient (Wildman–Crippen LogP) is 4.34. The molecule has 0 aliphatic carbocycles. The molecule has 0 bridgehead atoms. The van der Waals surface area contributed by atoms with Crippen LogP contribution in [0, 0.1) is 19.8 Å². The predicted molar refractivity (Wildman–Crippen MR) is 155 cm³/mol. The van der Waals surface area contributed by atoms with Gasteiger partial charge in [-0.1, -0.05) is 91.7 Å². The number of nitrogens with one attached hydrogen (secondary N) is 1. The van der Waals surface area contributed by atoms with Crippen molar-refractivity contribution < 1.29 is 18.0 Å². The van der Waals surface area contributed by atoms with Crippen LogP contribution in [-0.4, -0.2) is 55.6 Å². The minimum Gasteiger partial charge on any atom is -0.354 e. The Balaban J connectivity index is 1.96. The third-order valence-electron chi connectivity index (χ3n) is 6.48. The van der Waals surface area contributed by atoms with Gasteiger partial charge in [-0.25, -0.2) is 8.42 Å². The molecule has 7 nitrogen and oxygen atoms in total. The van der Waals surface area contributed by atoms with Crippen molar-refractivity contribution in [3.8, 4) is 0 Å². The van der Waals surface area contributed by atoms with Crippen LogP contribution in [0.3, 0.4) is 0 Å². The summed E-state index contributed by atoms with van der Waals surface area (Å²) < 4.78 is 27.6. The van der Waals surface area contributed by atoms with Crippen molar-refractivity contribution in [1.29, 1.82) is 0 Å². The highest BCUT2D eigenvalue weighted by Gasteiger charge is 2.33. The van der Waals surface area contributed by atoms with E-state index in [1.807, 2.05) is 82.3 Å². The summed E-state index contributed by atoms with van der Waals surface area (Å²) in [4.78, 5) is 29.1. The molecular formula is C31H39N3O4S. The van der Waals surface area contributed by atoms with Crippen molar-refractivity contribution in [3.63, 3.8) is 0 Å². The molecule has 0 aliphatic heterocycles. The molecule has 8 heteroatoms. The molecule has 2 amide bonds. The second-order valence-corrected chi connectivity index (χ2v) is 12.5. The second-order valence-electron chi connectivity index (χ2n) is 10.4. The van der Waals surface area contributed by atoms with Gasteiger partial charge in [-0.05, 0) is 43.0 Å². The smallest absolute Gasteiger partial charge is 0.243 e. The van der Waals surface area contributed by atoms with Crippen LogP contribution >= 0.6 is 0 Å². The standard InChI is InChI=1S/C31H39N3O4S/c1-23(2)20-32-31(36)29(19-26-11-7-6-8-12-26)34(21-27-13-9-10-25(4)18-27)30(35)22-33(5)39(37,38)28-16-14-24(3)15-17-28/h6-18,23,29H,19-22H2,1-5H3,(H,32,36)/t29-/m1/s1. The molecule has 3 aromatic carbocycles. The van der Waals surface area contributed by atoms with Gasteiger partial charge in [-0.3, -0.25) is 9.59 Å². The van der Waals surface area contributed by atoms with Gasteiger partial charge in [0.2, 0.25) is 21.8 Å². The average molecular weight is 550 g/mol. The summed E-state index contributed by atoms with van der Waals surface area (Å²) in [5, 5.41) is 2.98. The van der Waals surface area contributed by atoms with Crippen LogP contribution in [-0.2, 0) is 32.6 Å². The zero-order chi connectivity index (χ0) is 28.6. The van der Waals surface area contributed by atoms with Gasteiger partial charge in [-0.2, -0.15) is 4.31 Å². The van der Waals surface area contributed by atoms with E-state index in [-0.39, 0.29) is 23.3 Å². The number of benzene rings is 3. The number of hydrogen-bond acceptors (Lipinski definition) is 4. The van der Waals surface area contributed by atoms with Gasteiger partial charge in [-0.15, -0.1) is 0 Å². The fourth-order valence-corrected chi connectivity index (χ4v) is 5.36. The van der Waals surface area contributed by atoms with Crippen molar-refractivity contribution in [3.05, 3.63) is 101 Å². The largest absolute Gasteiger partial charge is 0.354 e. The fourth-order valence-electron chi connectivity index (χ4n) is 4.24. The van der Waals surface area contributed by atoms with E-state index < -0.39 is 28.5 Å². The number of nitrogens with zero attached hydrogens (tertiary/aromatic N) is 2. The third-order valence-corrected chi connectivity index (χ3v) is 8.30. The van der Waals surface area contributed by atoms with Crippen molar-refractivity contribution in [2.75, 3.05) is 20.1 Å². The van der Waals surface area contributed by atoms with Crippen LogP contribution in [0.4, 0.5) is 0 Å². The van der Waals surface area contributed by atoms with E-state index in [0.717, 1.165) is 26.6 Å². The highest BCUT2D eigenvalue weighted by molar-refractivity contribution is 7.89. The maximum atomic E-state index is 13.9. The van der Waals surface area contributed by atoms with E-state index in [4.69, 9.17) is 0 Å². The number of rotatable bonds is 12. The van der Waals surface area contributed by atoms with Crippen LogP contribution in [0.15, 0.2) is 83.8 Å². The lowest BCUT2D eigenvalue weighted by molar-refractivity contribution is -0.141. The molecule has 0 fully saturated rings. The Kier molecular flexibility index (Phi) is 10.4. The monoisotopic (exact) mass is 549 g/mol. The molecule has 0 aliphatic rings. The van der Waals surface area contributed by atoms with Crippen LogP contribution in [0.2, 0.25) is 0 Å². The molecule has 0 unspecified atom stereocenters. The molecule has 1 atom stereocenters. The Bertz CT molecular complexity index is 1360. The Morgan fingerprint density at radius 2 is 1.49 bits per heavy atom. The summed E-state index contributed by atoms with van der Waals surface area (Å²) in [6.45, 7) is 8.10. The van der Waals surface area contributed by atoms with Crippen molar-refractivity contribution >= 4 is 21.8 Å². The number of carbonyl (C=O) groups excluding carboxylic acids is 2. The Morgan fingerprint density at radius 1 is 0.846 bits per heavy atom. The third kappa shape index (κ3) is 8.50. The molecule has 0 heterocycles. The van der Waals surface area contributed by atoms with Crippen molar-refractivity contribution in [2.24, 2.45) is 5.92 Å². The van der Waals surface area contributed by atoms with E-state index in [2.05, 4.69) is 5.32 Å². The second kappa shape index (κ2) is 13.5. The van der Waals surface area contributed by atoms with E-state index >= 15 is 0 Å². The number of carbonyl (C=O) groups is 2. The Morgan fingerprint density at radius 3 is 2.10 bits per heavy atom. The Labute approximate surface area is 232 Å². The summed E-state index contributed by atoms with van der Waals surface area (Å²) in [6, 6.07) is 23.0. The molecule has 0 radical (unpaired) electrons. The average Bonchev–Trinajstić information content (AvgIpc) is 2.90. The normalized spacial score (nSPS) is 12.4. The molecule has 208 valence electrons. The first-order valence-electron chi connectivity index (χ1n) is 13.2.